The summed E-state index contributed by atoms with van der Waals surface area (Å²) in [6, 6.07) is 9.87. The summed E-state index contributed by atoms with van der Waals surface area (Å²) in [5.74, 6) is 0. The summed E-state index contributed by atoms with van der Waals surface area (Å²) in [5, 5.41) is 5.74. The van der Waals surface area contributed by atoms with E-state index < -0.39 is 0 Å². The Morgan fingerprint density at radius 3 is 2.76 bits per heavy atom. The van der Waals surface area contributed by atoms with Crippen LogP contribution >= 0.6 is 11.3 Å². The Kier molecular flexibility index (Phi) is 2.53. The van der Waals surface area contributed by atoms with Gasteiger partial charge in [0, 0.05) is 16.5 Å². The van der Waals surface area contributed by atoms with Crippen molar-refractivity contribution >= 4 is 33.1 Å². The first-order valence-electron chi connectivity index (χ1n) is 6.71. The maximum atomic E-state index is 12.6. The number of H-pyrrole nitrogens is 1. The minimum absolute atomic E-state index is 0.0514. The van der Waals surface area contributed by atoms with Gasteiger partial charge >= 0.3 is 0 Å². The van der Waals surface area contributed by atoms with Crippen molar-refractivity contribution in [3.63, 3.8) is 0 Å². The van der Waals surface area contributed by atoms with Gasteiger partial charge in [0.05, 0.1) is 16.4 Å². The fourth-order valence-corrected chi connectivity index (χ4v) is 3.52. The Morgan fingerprint density at radius 2 is 2.00 bits per heavy atom. The molecule has 0 amide bonds. The quantitative estimate of drug-likeness (QED) is 0.584. The van der Waals surface area contributed by atoms with Crippen molar-refractivity contribution in [3.05, 3.63) is 57.3 Å². The first-order chi connectivity index (χ1) is 10.1. The van der Waals surface area contributed by atoms with Crippen molar-refractivity contribution in [2.24, 2.45) is 0 Å². The summed E-state index contributed by atoms with van der Waals surface area (Å²) in [7, 11) is 0. The first kappa shape index (κ1) is 12.3. The highest BCUT2D eigenvalue weighted by Crippen LogP contribution is 2.25. The summed E-state index contributed by atoms with van der Waals surface area (Å²) in [5.41, 5.74) is 2.87. The molecule has 0 aliphatic carbocycles. The van der Waals surface area contributed by atoms with Crippen LogP contribution in [0.4, 0.5) is 0 Å². The summed E-state index contributed by atoms with van der Waals surface area (Å²) in [6.07, 6.45) is 1.65. The Hall–Kier alpha value is -2.40. The number of aryl methyl sites for hydroxylation is 2. The SMILES string of the molecule is Cc1cc(-n2[nH]c3c(cnc4ccccc43)c2=O)sc1C. The number of nitrogens with zero attached hydrogens (tertiary/aromatic N) is 2. The van der Waals surface area contributed by atoms with Crippen molar-refractivity contribution in [3.8, 4) is 5.00 Å². The highest BCUT2D eigenvalue weighted by atomic mass is 32.1. The second-order valence-electron chi connectivity index (χ2n) is 5.14. The number of hydrogen-bond acceptors (Lipinski definition) is 3. The molecule has 3 heterocycles. The van der Waals surface area contributed by atoms with Gasteiger partial charge in [-0.15, -0.1) is 11.3 Å². The van der Waals surface area contributed by atoms with Crippen LogP contribution in [0, 0.1) is 13.8 Å². The van der Waals surface area contributed by atoms with Crippen LogP contribution in [0.1, 0.15) is 10.4 Å². The Morgan fingerprint density at radius 1 is 1.19 bits per heavy atom. The lowest BCUT2D eigenvalue weighted by atomic mass is 10.2. The molecule has 0 spiro atoms. The number of rotatable bonds is 1. The van der Waals surface area contributed by atoms with Gasteiger partial charge in [0.1, 0.15) is 5.00 Å². The summed E-state index contributed by atoms with van der Waals surface area (Å²) in [4.78, 5) is 18.2. The van der Waals surface area contributed by atoms with Gasteiger partial charge in [-0.25, -0.2) is 4.68 Å². The molecule has 21 heavy (non-hydrogen) atoms. The molecule has 5 heteroatoms. The molecule has 3 aromatic heterocycles. The zero-order valence-electron chi connectivity index (χ0n) is 11.7. The number of aromatic nitrogens is 3. The third-order valence-electron chi connectivity index (χ3n) is 3.81. The van der Waals surface area contributed by atoms with Crippen LogP contribution in [0.2, 0.25) is 0 Å². The molecule has 1 aromatic carbocycles. The van der Waals surface area contributed by atoms with Crippen molar-refractivity contribution in [2.45, 2.75) is 13.8 Å². The van der Waals surface area contributed by atoms with Crippen molar-refractivity contribution in [1.29, 1.82) is 0 Å². The number of para-hydroxylation sites is 1. The minimum atomic E-state index is -0.0514. The van der Waals surface area contributed by atoms with E-state index in [1.807, 2.05) is 30.3 Å². The van der Waals surface area contributed by atoms with E-state index >= 15 is 0 Å². The number of fused-ring (bicyclic) bond motifs is 3. The van der Waals surface area contributed by atoms with Crippen LogP contribution in [0.5, 0.6) is 0 Å². The molecule has 0 aliphatic rings. The second kappa shape index (κ2) is 4.30. The van der Waals surface area contributed by atoms with E-state index in [0.29, 0.717) is 5.39 Å². The molecule has 0 saturated carbocycles. The van der Waals surface area contributed by atoms with Crippen LogP contribution < -0.4 is 5.56 Å². The number of nitrogens with one attached hydrogen (secondary N) is 1. The normalized spacial score (nSPS) is 11.5. The molecule has 4 aromatic rings. The zero-order valence-corrected chi connectivity index (χ0v) is 12.5. The van der Waals surface area contributed by atoms with Gasteiger partial charge in [-0.2, -0.15) is 0 Å². The van der Waals surface area contributed by atoms with Crippen LogP contribution in [-0.2, 0) is 0 Å². The number of hydrogen-bond donors (Lipinski definition) is 1. The van der Waals surface area contributed by atoms with Crippen LogP contribution in [0.25, 0.3) is 26.8 Å². The van der Waals surface area contributed by atoms with E-state index in [2.05, 4.69) is 23.9 Å². The predicted molar refractivity (Wildman–Crippen MR) is 86.5 cm³/mol. The molecule has 0 unspecified atom stereocenters. The predicted octanol–water partition coefficient (Wildman–Crippen LogP) is 3.55. The van der Waals surface area contributed by atoms with Gasteiger partial charge in [-0.3, -0.25) is 14.9 Å². The third-order valence-corrected chi connectivity index (χ3v) is 4.94. The van der Waals surface area contributed by atoms with Gasteiger partial charge in [-0.1, -0.05) is 18.2 Å². The summed E-state index contributed by atoms with van der Waals surface area (Å²) in [6.45, 7) is 4.12. The lowest BCUT2D eigenvalue weighted by Gasteiger charge is -1.97. The molecule has 0 atom stereocenters. The number of benzene rings is 1. The minimum Gasteiger partial charge on any atom is -0.289 e. The van der Waals surface area contributed by atoms with E-state index in [4.69, 9.17) is 0 Å². The van der Waals surface area contributed by atoms with E-state index in [-0.39, 0.29) is 5.56 Å². The third kappa shape index (κ3) is 1.74. The number of pyridine rings is 1. The largest absolute Gasteiger partial charge is 0.289 e. The van der Waals surface area contributed by atoms with Crippen molar-refractivity contribution in [2.75, 3.05) is 0 Å². The molecule has 4 nitrogen and oxygen atoms in total. The van der Waals surface area contributed by atoms with Gasteiger partial charge in [0.2, 0.25) is 0 Å². The Bertz CT molecular complexity index is 1020. The maximum absolute atomic E-state index is 12.6. The van der Waals surface area contributed by atoms with Crippen LogP contribution in [0.3, 0.4) is 0 Å². The first-order valence-corrected chi connectivity index (χ1v) is 7.52. The fraction of sp³-hybridized carbons (Fsp3) is 0.125. The molecular formula is C16H13N3OS. The van der Waals surface area contributed by atoms with Crippen molar-refractivity contribution in [1.82, 2.24) is 14.8 Å². The monoisotopic (exact) mass is 295 g/mol. The van der Waals surface area contributed by atoms with Gasteiger partial charge < -0.3 is 0 Å². The molecule has 4 rings (SSSR count). The van der Waals surface area contributed by atoms with Gasteiger partial charge in [-0.05, 0) is 31.5 Å². The molecule has 0 saturated heterocycles. The van der Waals surface area contributed by atoms with E-state index in [0.717, 1.165) is 21.4 Å². The fourth-order valence-electron chi connectivity index (χ4n) is 2.53. The Labute approximate surface area is 124 Å². The smallest absolute Gasteiger partial charge is 0.281 e. The van der Waals surface area contributed by atoms with E-state index in [1.54, 1.807) is 22.2 Å². The topological polar surface area (TPSA) is 50.7 Å². The Balaban J connectivity index is 2.10. The maximum Gasteiger partial charge on any atom is 0.281 e. The summed E-state index contributed by atoms with van der Waals surface area (Å²) >= 11 is 1.61. The average molecular weight is 295 g/mol. The molecule has 0 bridgehead atoms. The molecule has 0 fully saturated rings. The molecular weight excluding hydrogens is 282 g/mol. The highest BCUT2D eigenvalue weighted by Gasteiger charge is 2.13. The molecule has 104 valence electrons. The molecule has 0 aliphatic heterocycles. The van der Waals surface area contributed by atoms with E-state index in [1.165, 1.54) is 10.4 Å². The average Bonchev–Trinajstić information content (AvgIpc) is 3.00. The summed E-state index contributed by atoms with van der Waals surface area (Å²) < 4.78 is 1.61. The zero-order chi connectivity index (χ0) is 14.6. The molecule has 1 N–H and O–H groups in total. The lowest BCUT2D eigenvalue weighted by Crippen LogP contribution is -2.12. The second-order valence-corrected chi connectivity index (χ2v) is 6.37. The number of thiophene rings is 1. The van der Waals surface area contributed by atoms with Crippen molar-refractivity contribution < 1.29 is 0 Å². The van der Waals surface area contributed by atoms with Crippen LogP contribution in [-0.4, -0.2) is 14.8 Å². The van der Waals surface area contributed by atoms with Gasteiger partial charge in [0.25, 0.3) is 5.56 Å². The van der Waals surface area contributed by atoms with Gasteiger partial charge in [0.15, 0.2) is 0 Å². The molecule has 0 radical (unpaired) electrons. The lowest BCUT2D eigenvalue weighted by molar-refractivity contribution is 0.881. The van der Waals surface area contributed by atoms with E-state index in [9.17, 15) is 4.79 Å². The number of aromatic amines is 1. The highest BCUT2D eigenvalue weighted by molar-refractivity contribution is 7.14. The van der Waals surface area contributed by atoms with Crippen LogP contribution in [0.15, 0.2) is 41.3 Å². The standard InChI is InChI=1S/C16H13N3OS/c1-9-7-14(21-10(9)2)19-16(20)12-8-17-13-6-4-3-5-11(13)15(12)18-19/h3-8,18H,1-2H3.